The van der Waals surface area contributed by atoms with Crippen molar-refractivity contribution in [2.24, 2.45) is 5.92 Å². The second kappa shape index (κ2) is 6.73. The van der Waals surface area contributed by atoms with Gasteiger partial charge in [0.15, 0.2) is 9.84 Å². The second-order valence-corrected chi connectivity index (χ2v) is 7.51. The summed E-state index contributed by atoms with van der Waals surface area (Å²) in [6.45, 7) is 0. The summed E-state index contributed by atoms with van der Waals surface area (Å²) in [7, 11) is -3.05. The molecule has 1 aromatic carbocycles. The summed E-state index contributed by atoms with van der Waals surface area (Å²) in [6, 6.07) is 4.90. The van der Waals surface area contributed by atoms with Gasteiger partial charge in [-0.1, -0.05) is 0 Å². The molecule has 0 radical (unpaired) electrons. The fourth-order valence-corrected chi connectivity index (χ4v) is 4.14. The van der Waals surface area contributed by atoms with Crippen molar-refractivity contribution in [1.29, 1.82) is 0 Å². The van der Waals surface area contributed by atoms with Gasteiger partial charge in [-0.3, -0.25) is 30.6 Å². The van der Waals surface area contributed by atoms with Crippen LogP contribution in [0.3, 0.4) is 0 Å². The number of sulfone groups is 1. The lowest BCUT2D eigenvalue weighted by Gasteiger charge is -2.10. The summed E-state index contributed by atoms with van der Waals surface area (Å²) in [4.78, 5) is 33.4. The Morgan fingerprint density at radius 1 is 1.22 bits per heavy atom. The highest BCUT2D eigenvalue weighted by atomic mass is 32.2. The number of benzene rings is 1. The Bertz CT molecular complexity index is 729. The van der Waals surface area contributed by atoms with E-state index < -0.39 is 26.6 Å². The first kappa shape index (κ1) is 16.9. The molecule has 1 unspecified atom stereocenters. The number of non-ortho nitro benzene ring substituents is 1. The third-order valence-corrected chi connectivity index (χ3v) is 5.29. The molecule has 1 atom stereocenters. The van der Waals surface area contributed by atoms with E-state index in [2.05, 4.69) is 10.9 Å². The molecule has 1 aromatic rings. The number of nitro benzene ring substituents is 1. The van der Waals surface area contributed by atoms with Gasteiger partial charge < -0.3 is 0 Å². The average Bonchev–Trinajstić information content (AvgIpc) is 2.83. The highest BCUT2D eigenvalue weighted by Gasteiger charge is 2.29. The Balaban J connectivity index is 1.82. The Morgan fingerprint density at radius 2 is 1.87 bits per heavy atom. The van der Waals surface area contributed by atoms with Crippen LogP contribution in [0.5, 0.6) is 0 Å². The molecule has 0 bridgehead atoms. The number of carbonyl (C=O) groups excluding carboxylic acids is 2. The fraction of sp³-hybridized carbons (Fsp3) is 0.385. The first-order chi connectivity index (χ1) is 10.8. The molecule has 0 aromatic heterocycles. The number of hydrazine groups is 1. The van der Waals surface area contributed by atoms with Gasteiger partial charge in [0.25, 0.3) is 11.6 Å². The highest BCUT2D eigenvalue weighted by Crippen LogP contribution is 2.21. The highest BCUT2D eigenvalue weighted by molar-refractivity contribution is 7.91. The third kappa shape index (κ3) is 4.74. The number of carbonyl (C=O) groups is 2. The summed E-state index contributed by atoms with van der Waals surface area (Å²) in [5.41, 5.74) is 4.40. The summed E-state index contributed by atoms with van der Waals surface area (Å²) >= 11 is 0. The van der Waals surface area contributed by atoms with Crippen LogP contribution in [0.2, 0.25) is 0 Å². The normalized spacial score (nSPS) is 19.0. The van der Waals surface area contributed by atoms with Crippen molar-refractivity contribution in [1.82, 2.24) is 10.9 Å². The van der Waals surface area contributed by atoms with Crippen molar-refractivity contribution < 1.29 is 22.9 Å². The van der Waals surface area contributed by atoms with Crippen molar-refractivity contribution in [2.45, 2.75) is 12.8 Å². The molecule has 1 heterocycles. The second-order valence-electron chi connectivity index (χ2n) is 5.28. The predicted octanol–water partition coefficient (Wildman–Crippen LogP) is 0.181. The number of hydrogen-bond donors (Lipinski definition) is 2. The number of nitrogens with zero attached hydrogens (tertiary/aromatic N) is 1. The molecule has 1 fully saturated rings. The lowest BCUT2D eigenvalue weighted by atomic mass is 10.1. The Kier molecular flexibility index (Phi) is 4.94. The van der Waals surface area contributed by atoms with E-state index in [-0.39, 0.29) is 35.1 Å². The van der Waals surface area contributed by atoms with Gasteiger partial charge in [-0.15, -0.1) is 0 Å². The summed E-state index contributed by atoms with van der Waals surface area (Å²) in [5.74, 6) is -1.28. The zero-order valence-electron chi connectivity index (χ0n) is 12.0. The maximum atomic E-state index is 11.8. The van der Waals surface area contributed by atoms with E-state index in [9.17, 15) is 28.1 Å². The van der Waals surface area contributed by atoms with Crippen molar-refractivity contribution in [3.05, 3.63) is 39.9 Å². The monoisotopic (exact) mass is 341 g/mol. The molecule has 0 saturated carbocycles. The van der Waals surface area contributed by atoms with Crippen LogP contribution in [-0.2, 0) is 14.6 Å². The third-order valence-electron chi connectivity index (χ3n) is 3.46. The molecule has 0 spiro atoms. The van der Waals surface area contributed by atoms with Gasteiger partial charge >= 0.3 is 0 Å². The van der Waals surface area contributed by atoms with Crippen molar-refractivity contribution in [3.8, 4) is 0 Å². The van der Waals surface area contributed by atoms with Gasteiger partial charge in [0, 0.05) is 24.1 Å². The molecule has 10 heteroatoms. The van der Waals surface area contributed by atoms with Crippen molar-refractivity contribution in [2.75, 3.05) is 11.5 Å². The van der Waals surface area contributed by atoms with Crippen LogP contribution in [0, 0.1) is 16.0 Å². The molecule has 2 rings (SSSR count). The molecule has 0 aliphatic carbocycles. The van der Waals surface area contributed by atoms with Crippen LogP contribution in [0.25, 0.3) is 0 Å². The zero-order valence-corrected chi connectivity index (χ0v) is 12.8. The van der Waals surface area contributed by atoms with E-state index in [1.165, 1.54) is 24.3 Å². The Hall–Kier alpha value is -2.49. The van der Waals surface area contributed by atoms with Gasteiger partial charge in [-0.2, -0.15) is 0 Å². The summed E-state index contributed by atoms with van der Waals surface area (Å²) in [5, 5.41) is 10.5. The van der Waals surface area contributed by atoms with Gasteiger partial charge in [0.2, 0.25) is 5.91 Å². The number of rotatable bonds is 4. The Labute approximate surface area is 132 Å². The number of hydrogen-bond acceptors (Lipinski definition) is 6. The van der Waals surface area contributed by atoms with E-state index in [1.807, 2.05) is 0 Å². The number of nitro groups is 1. The van der Waals surface area contributed by atoms with Gasteiger partial charge in [0.1, 0.15) is 0 Å². The molecule has 1 aliphatic heterocycles. The quantitative estimate of drug-likeness (QED) is 0.592. The van der Waals surface area contributed by atoms with Crippen LogP contribution >= 0.6 is 0 Å². The van der Waals surface area contributed by atoms with Crippen LogP contribution in [-0.4, -0.2) is 36.7 Å². The van der Waals surface area contributed by atoms with E-state index in [0.29, 0.717) is 6.42 Å². The molecular weight excluding hydrogens is 326 g/mol. The Morgan fingerprint density at radius 3 is 2.39 bits per heavy atom. The first-order valence-corrected chi connectivity index (χ1v) is 8.63. The summed E-state index contributed by atoms with van der Waals surface area (Å²) < 4.78 is 22.6. The molecule has 1 aliphatic rings. The molecule has 2 amide bonds. The van der Waals surface area contributed by atoms with Crippen molar-refractivity contribution >= 4 is 27.3 Å². The van der Waals surface area contributed by atoms with E-state index in [0.717, 1.165) is 0 Å². The number of amides is 2. The molecule has 2 N–H and O–H groups in total. The van der Waals surface area contributed by atoms with E-state index in [4.69, 9.17) is 0 Å². The van der Waals surface area contributed by atoms with E-state index >= 15 is 0 Å². The standard InChI is InChI=1S/C13H15N3O6S/c17-12(7-9-5-6-23(21,22)8-9)14-15-13(18)10-1-3-11(4-2-10)16(19)20/h1-4,9H,5-8H2,(H,14,17)(H,15,18). The van der Waals surface area contributed by atoms with Crippen LogP contribution in [0.4, 0.5) is 5.69 Å². The van der Waals surface area contributed by atoms with Gasteiger partial charge in [-0.05, 0) is 24.5 Å². The SMILES string of the molecule is O=C(CC1CCS(=O)(=O)C1)NNC(=O)c1ccc([N+](=O)[O-])cc1. The minimum atomic E-state index is -3.05. The molecular formula is C13H15N3O6S. The van der Waals surface area contributed by atoms with Crippen LogP contribution in [0.1, 0.15) is 23.2 Å². The molecule has 1 saturated heterocycles. The largest absolute Gasteiger partial charge is 0.273 e. The topological polar surface area (TPSA) is 135 Å². The molecule has 9 nitrogen and oxygen atoms in total. The number of nitrogens with one attached hydrogen (secondary N) is 2. The first-order valence-electron chi connectivity index (χ1n) is 6.81. The lowest BCUT2D eigenvalue weighted by Crippen LogP contribution is -2.42. The van der Waals surface area contributed by atoms with Gasteiger partial charge in [-0.25, -0.2) is 8.42 Å². The minimum absolute atomic E-state index is 0.0137. The zero-order chi connectivity index (χ0) is 17.0. The predicted molar refractivity (Wildman–Crippen MR) is 80.1 cm³/mol. The van der Waals surface area contributed by atoms with E-state index in [1.54, 1.807) is 0 Å². The molecule has 124 valence electrons. The smallest absolute Gasteiger partial charge is 0.269 e. The molecule has 23 heavy (non-hydrogen) atoms. The minimum Gasteiger partial charge on any atom is -0.273 e. The van der Waals surface area contributed by atoms with Crippen LogP contribution < -0.4 is 10.9 Å². The fourth-order valence-electron chi connectivity index (χ4n) is 2.28. The maximum absolute atomic E-state index is 11.8. The lowest BCUT2D eigenvalue weighted by molar-refractivity contribution is -0.384. The van der Waals surface area contributed by atoms with Crippen LogP contribution in [0.15, 0.2) is 24.3 Å². The van der Waals surface area contributed by atoms with Crippen molar-refractivity contribution in [3.63, 3.8) is 0 Å². The maximum Gasteiger partial charge on any atom is 0.269 e. The summed E-state index contributed by atoms with van der Waals surface area (Å²) in [6.07, 6.45) is 0.450. The van der Waals surface area contributed by atoms with Gasteiger partial charge in [0.05, 0.1) is 16.4 Å². The average molecular weight is 341 g/mol.